The summed E-state index contributed by atoms with van der Waals surface area (Å²) in [5, 5.41) is 2.71. The Morgan fingerprint density at radius 3 is 1.87 bits per heavy atom. The standard InChI is InChI=1S/C26H17ClF4N2O3S2/c27-18-5-14-24(23(28)15-18)38(35,36)33-20-8-12-22(13-9-20)37-21-10-6-19(7-11-21)32-25(34)16-1-3-17(4-2-16)26(29,30)31/h1-15,33H,(H,32,34). The van der Waals surface area contributed by atoms with Crippen molar-refractivity contribution in [3.8, 4) is 0 Å². The fourth-order valence-electron chi connectivity index (χ4n) is 3.25. The summed E-state index contributed by atoms with van der Waals surface area (Å²) in [6, 6.07) is 20.4. The lowest BCUT2D eigenvalue weighted by Gasteiger charge is -2.10. The molecule has 0 heterocycles. The van der Waals surface area contributed by atoms with E-state index in [1.54, 1.807) is 36.4 Å². The quantitative estimate of drug-likeness (QED) is 0.220. The fourth-order valence-corrected chi connectivity index (χ4v) is 5.34. The summed E-state index contributed by atoms with van der Waals surface area (Å²) >= 11 is 7.05. The molecule has 38 heavy (non-hydrogen) atoms. The lowest BCUT2D eigenvalue weighted by atomic mass is 10.1. The van der Waals surface area contributed by atoms with Crippen LogP contribution in [0, 0.1) is 5.82 Å². The van der Waals surface area contributed by atoms with Crippen LogP contribution >= 0.6 is 23.4 Å². The van der Waals surface area contributed by atoms with Crippen molar-refractivity contribution in [1.82, 2.24) is 0 Å². The Kier molecular flexibility index (Phi) is 8.00. The second kappa shape index (κ2) is 11.1. The molecule has 0 aromatic heterocycles. The Balaban J connectivity index is 1.36. The Morgan fingerprint density at radius 1 is 0.789 bits per heavy atom. The van der Waals surface area contributed by atoms with Crippen LogP contribution in [0.25, 0.3) is 0 Å². The first-order chi connectivity index (χ1) is 17.9. The van der Waals surface area contributed by atoms with Crippen LogP contribution in [0.15, 0.2) is 106 Å². The molecule has 12 heteroatoms. The maximum atomic E-state index is 14.0. The molecule has 0 aliphatic rings. The molecule has 0 atom stereocenters. The number of carbonyl (C=O) groups excluding carboxylic acids is 1. The van der Waals surface area contributed by atoms with E-state index in [0.717, 1.165) is 46.2 Å². The molecular weight excluding hydrogens is 564 g/mol. The Labute approximate surface area is 224 Å². The van der Waals surface area contributed by atoms with Crippen LogP contribution in [-0.2, 0) is 16.2 Å². The maximum Gasteiger partial charge on any atom is 0.416 e. The number of hydrogen-bond acceptors (Lipinski definition) is 4. The van der Waals surface area contributed by atoms with Crippen molar-refractivity contribution in [2.45, 2.75) is 20.9 Å². The van der Waals surface area contributed by atoms with Gasteiger partial charge < -0.3 is 5.32 Å². The predicted molar refractivity (Wildman–Crippen MR) is 139 cm³/mol. The fraction of sp³-hybridized carbons (Fsp3) is 0.0385. The number of rotatable bonds is 7. The van der Waals surface area contributed by atoms with Gasteiger partial charge in [-0.25, -0.2) is 12.8 Å². The minimum Gasteiger partial charge on any atom is -0.322 e. The maximum absolute atomic E-state index is 14.0. The molecule has 0 radical (unpaired) electrons. The van der Waals surface area contributed by atoms with Gasteiger partial charge in [-0.2, -0.15) is 13.2 Å². The van der Waals surface area contributed by atoms with E-state index in [1.807, 2.05) is 0 Å². The van der Waals surface area contributed by atoms with Crippen molar-refractivity contribution in [3.63, 3.8) is 0 Å². The van der Waals surface area contributed by atoms with E-state index >= 15 is 0 Å². The van der Waals surface area contributed by atoms with Crippen molar-refractivity contribution >= 4 is 50.7 Å². The summed E-state index contributed by atoms with van der Waals surface area (Å²) in [6.45, 7) is 0. The van der Waals surface area contributed by atoms with Crippen LogP contribution in [-0.4, -0.2) is 14.3 Å². The third-order valence-corrected chi connectivity index (χ3v) is 7.78. The molecule has 0 saturated heterocycles. The van der Waals surface area contributed by atoms with Gasteiger partial charge in [-0.05, 0) is 91.0 Å². The third kappa shape index (κ3) is 6.85. The van der Waals surface area contributed by atoms with Gasteiger partial charge in [-0.3, -0.25) is 9.52 Å². The van der Waals surface area contributed by atoms with E-state index in [-0.39, 0.29) is 16.3 Å². The van der Waals surface area contributed by atoms with Crippen LogP contribution in [0.5, 0.6) is 0 Å². The molecule has 0 bridgehead atoms. The van der Waals surface area contributed by atoms with Crippen molar-refractivity contribution in [1.29, 1.82) is 0 Å². The highest BCUT2D eigenvalue weighted by molar-refractivity contribution is 7.99. The average Bonchev–Trinajstić information content (AvgIpc) is 2.85. The average molecular weight is 581 g/mol. The Hall–Kier alpha value is -3.54. The van der Waals surface area contributed by atoms with Crippen LogP contribution in [0.1, 0.15) is 15.9 Å². The predicted octanol–water partition coefficient (Wildman–Crippen LogP) is 7.70. The largest absolute Gasteiger partial charge is 0.416 e. The number of alkyl halides is 3. The van der Waals surface area contributed by atoms with Crippen LogP contribution in [0.2, 0.25) is 5.02 Å². The van der Waals surface area contributed by atoms with Crippen molar-refractivity contribution in [3.05, 3.63) is 113 Å². The number of amides is 1. The number of sulfonamides is 1. The summed E-state index contributed by atoms with van der Waals surface area (Å²) in [5.41, 5.74) is -0.0502. The van der Waals surface area contributed by atoms with Gasteiger partial charge >= 0.3 is 6.18 Å². The van der Waals surface area contributed by atoms with E-state index < -0.39 is 38.4 Å². The van der Waals surface area contributed by atoms with E-state index in [4.69, 9.17) is 11.6 Å². The van der Waals surface area contributed by atoms with Crippen LogP contribution < -0.4 is 10.0 Å². The SMILES string of the molecule is O=C(Nc1ccc(Sc2ccc(NS(=O)(=O)c3ccc(Cl)cc3F)cc2)cc1)c1ccc(C(F)(F)F)cc1. The van der Waals surface area contributed by atoms with Gasteiger partial charge in [-0.15, -0.1) is 0 Å². The molecule has 4 aromatic carbocycles. The normalized spacial score (nSPS) is 11.7. The highest BCUT2D eigenvalue weighted by atomic mass is 35.5. The van der Waals surface area contributed by atoms with Gasteiger partial charge in [0.25, 0.3) is 15.9 Å². The van der Waals surface area contributed by atoms with Gasteiger partial charge in [0.15, 0.2) is 0 Å². The lowest BCUT2D eigenvalue weighted by molar-refractivity contribution is -0.137. The van der Waals surface area contributed by atoms with Crippen molar-refractivity contribution < 1.29 is 30.8 Å². The molecule has 5 nitrogen and oxygen atoms in total. The summed E-state index contributed by atoms with van der Waals surface area (Å²) < 4.78 is 79.4. The summed E-state index contributed by atoms with van der Waals surface area (Å²) in [6.07, 6.45) is -4.48. The molecule has 196 valence electrons. The monoisotopic (exact) mass is 580 g/mol. The first-order valence-electron chi connectivity index (χ1n) is 10.8. The minimum atomic E-state index is -4.48. The highest BCUT2D eigenvalue weighted by Gasteiger charge is 2.30. The Bertz CT molecular complexity index is 1560. The number of carbonyl (C=O) groups is 1. The second-order valence-electron chi connectivity index (χ2n) is 7.86. The van der Waals surface area contributed by atoms with E-state index in [0.29, 0.717) is 5.69 Å². The summed E-state index contributed by atoms with van der Waals surface area (Å²) in [4.78, 5) is 13.4. The molecule has 0 spiro atoms. The van der Waals surface area contributed by atoms with Gasteiger partial charge in [0, 0.05) is 31.8 Å². The molecule has 4 aromatic rings. The second-order valence-corrected chi connectivity index (χ2v) is 11.1. The van der Waals surface area contributed by atoms with Gasteiger partial charge in [0.1, 0.15) is 10.7 Å². The van der Waals surface area contributed by atoms with Gasteiger partial charge in [0.2, 0.25) is 0 Å². The molecule has 0 aliphatic carbocycles. The highest BCUT2D eigenvalue weighted by Crippen LogP contribution is 2.31. The lowest BCUT2D eigenvalue weighted by Crippen LogP contribution is -2.14. The molecule has 0 aliphatic heterocycles. The smallest absolute Gasteiger partial charge is 0.322 e. The zero-order valence-electron chi connectivity index (χ0n) is 19.1. The Morgan fingerprint density at radius 2 is 1.34 bits per heavy atom. The van der Waals surface area contributed by atoms with Crippen LogP contribution in [0.4, 0.5) is 28.9 Å². The van der Waals surface area contributed by atoms with Gasteiger partial charge in [0.05, 0.1) is 5.56 Å². The topological polar surface area (TPSA) is 75.3 Å². The number of nitrogens with one attached hydrogen (secondary N) is 2. The molecule has 4 rings (SSSR count). The number of halogens is 5. The molecule has 0 saturated carbocycles. The number of hydrogen-bond donors (Lipinski definition) is 2. The summed E-state index contributed by atoms with van der Waals surface area (Å²) in [7, 11) is -4.15. The first kappa shape index (κ1) is 27.5. The van der Waals surface area contributed by atoms with Crippen LogP contribution in [0.3, 0.4) is 0 Å². The van der Waals surface area contributed by atoms with Crippen molar-refractivity contribution in [2.24, 2.45) is 0 Å². The zero-order valence-corrected chi connectivity index (χ0v) is 21.5. The number of anilines is 2. The summed E-state index contributed by atoms with van der Waals surface area (Å²) in [5.74, 6) is -1.51. The molecule has 0 fully saturated rings. The molecule has 1 amide bonds. The van der Waals surface area contributed by atoms with E-state index in [9.17, 15) is 30.8 Å². The molecular formula is C26H17ClF4N2O3S2. The first-order valence-corrected chi connectivity index (χ1v) is 13.4. The minimum absolute atomic E-state index is 0.0809. The molecule has 0 unspecified atom stereocenters. The van der Waals surface area contributed by atoms with E-state index in [1.165, 1.54) is 30.0 Å². The van der Waals surface area contributed by atoms with E-state index in [2.05, 4.69) is 10.0 Å². The number of benzene rings is 4. The zero-order chi connectivity index (χ0) is 27.5. The third-order valence-electron chi connectivity index (χ3n) is 5.11. The van der Waals surface area contributed by atoms with Gasteiger partial charge in [-0.1, -0.05) is 23.4 Å². The molecule has 2 N–H and O–H groups in total. The van der Waals surface area contributed by atoms with Crippen molar-refractivity contribution in [2.75, 3.05) is 10.0 Å².